The van der Waals surface area contributed by atoms with Crippen molar-refractivity contribution in [2.45, 2.75) is 38.7 Å². The number of allylic oxidation sites excluding steroid dienone is 3. The Labute approximate surface area is 198 Å². The fourth-order valence-electron chi connectivity index (χ4n) is 4.57. The summed E-state index contributed by atoms with van der Waals surface area (Å²) < 4.78 is 49.5. The highest BCUT2D eigenvalue weighted by Gasteiger charge is 2.33. The molecular weight excluding hydrogens is 433 g/mol. The topological polar surface area (TPSA) is 12.5 Å². The number of benzene rings is 3. The van der Waals surface area contributed by atoms with Crippen LogP contribution in [0.4, 0.5) is 13.2 Å². The third-order valence-corrected chi connectivity index (χ3v) is 6.83. The molecule has 0 saturated carbocycles. The van der Waals surface area contributed by atoms with Crippen molar-refractivity contribution in [3.8, 4) is 11.1 Å². The monoisotopic (exact) mass is 460 g/mol. The smallest absolute Gasteiger partial charge is 0.166 e. The quantitative estimate of drug-likeness (QED) is 0.330. The highest BCUT2D eigenvalue weighted by molar-refractivity contribution is 5.78. The van der Waals surface area contributed by atoms with Crippen LogP contribution in [0.2, 0.25) is 0 Å². The lowest BCUT2D eigenvalue weighted by Gasteiger charge is -2.16. The largest absolute Gasteiger partial charge is 0.372 e. The number of rotatable bonds is 7. The van der Waals surface area contributed by atoms with E-state index in [1.165, 1.54) is 0 Å². The molecule has 1 aliphatic carbocycles. The van der Waals surface area contributed by atoms with E-state index in [1.54, 1.807) is 18.2 Å². The first-order valence-electron chi connectivity index (χ1n) is 11.9. The molecule has 2 aliphatic rings. The van der Waals surface area contributed by atoms with Crippen LogP contribution in [0.5, 0.6) is 0 Å². The Morgan fingerprint density at radius 2 is 1.47 bits per heavy atom. The molecule has 1 saturated heterocycles. The first kappa shape index (κ1) is 22.7. The van der Waals surface area contributed by atoms with Crippen molar-refractivity contribution in [2.75, 3.05) is 6.61 Å². The SMILES string of the molecule is CCc1ccc(-c2ccc(CCc3ccc(C4=CCC(C5CO5)C=C4F)cc3)c(F)c2F)cc1. The molecule has 0 bridgehead atoms. The van der Waals surface area contributed by atoms with Gasteiger partial charge in [-0.25, -0.2) is 13.2 Å². The molecule has 34 heavy (non-hydrogen) atoms. The lowest BCUT2D eigenvalue weighted by Crippen LogP contribution is -2.08. The molecule has 0 N–H and O–H groups in total. The fourth-order valence-corrected chi connectivity index (χ4v) is 4.57. The van der Waals surface area contributed by atoms with Crippen LogP contribution in [-0.4, -0.2) is 12.7 Å². The predicted octanol–water partition coefficient (Wildman–Crippen LogP) is 7.63. The number of aryl methyl sites for hydroxylation is 3. The minimum atomic E-state index is -0.807. The first-order valence-corrected chi connectivity index (χ1v) is 11.9. The summed E-state index contributed by atoms with van der Waals surface area (Å²) >= 11 is 0. The molecule has 0 aromatic heterocycles. The van der Waals surface area contributed by atoms with E-state index in [0.29, 0.717) is 36.1 Å². The number of ether oxygens (including phenoxy) is 1. The van der Waals surface area contributed by atoms with Crippen LogP contribution < -0.4 is 0 Å². The second kappa shape index (κ2) is 9.63. The van der Waals surface area contributed by atoms with Crippen LogP contribution in [0.3, 0.4) is 0 Å². The van der Waals surface area contributed by atoms with Gasteiger partial charge >= 0.3 is 0 Å². The van der Waals surface area contributed by atoms with Crippen molar-refractivity contribution in [3.63, 3.8) is 0 Å². The molecule has 4 heteroatoms. The fraction of sp³-hybridized carbons (Fsp3) is 0.267. The van der Waals surface area contributed by atoms with Crippen LogP contribution in [0, 0.1) is 17.6 Å². The summed E-state index contributed by atoms with van der Waals surface area (Å²) in [6.45, 7) is 2.77. The van der Waals surface area contributed by atoms with Gasteiger partial charge in [-0.05, 0) is 59.6 Å². The van der Waals surface area contributed by atoms with Gasteiger partial charge in [-0.3, -0.25) is 0 Å². The minimum Gasteiger partial charge on any atom is -0.372 e. The zero-order valence-corrected chi connectivity index (χ0v) is 19.2. The van der Waals surface area contributed by atoms with Gasteiger partial charge in [0.1, 0.15) is 5.83 Å². The van der Waals surface area contributed by atoms with Gasteiger partial charge in [0.2, 0.25) is 0 Å². The van der Waals surface area contributed by atoms with E-state index < -0.39 is 11.6 Å². The summed E-state index contributed by atoms with van der Waals surface area (Å²) in [4.78, 5) is 0. The zero-order valence-electron chi connectivity index (χ0n) is 19.2. The van der Waals surface area contributed by atoms with Gasteiger partial charge in [-0.15, -0.1) is 0 Å². The van der Waals surface area contributed by atoms with Gasteiger partial charge < -0.3 is 4.74 Å². The third kappa shape index (κ3) is 4.74. The maximum Gasteiger partial charge on any atom is 0.166 e. The molecule has 0 amide bonds. The molecule has 1 aliphatic heterocycles. The van der Waals surface area contributed by atoms with E-state index in [1.807, 2.05) is 54.6 Å². The Morgan fingerprint density at radius 1 is 0.794 bits per heavy atom. The van der Waals surface area contributed by atoms with Crippen molar-refractivity contribution >= 4 is 5.57 Å². The minimum absolute atomic E-state index is 0.125. The lowest BCUT2D eigenvalue weighted by molar-refractivity contribution is 0.358. The molecule has 174 valence electrons. The number of hydrogen-bond donors (Lipinski definition) is 0. The number of hydrogen-bond acceptors (Lipinski definition) is 1. The molecule has 3 aromatic carbocycles. The summed E-state index contributed by atoms with van der Waals surface area (Å²) in [6, 6.07) is 18.5. The highest BCUT2D eigenvalue weighted by Crippen LogP contribution is 2.36. The second-order valence-corrected chi connectivity index (χ2v) is 9.05. The van der Waals surface area contributed by atoms with Gasteiger partial charge in [0.15, 0.2) is 11.6 Å². The van der Waals surface area contributed by atoms with E-state index in [9.17, 15) is 13.2 Å². The van der Waals surface area contributed by atoms with E-state index in [2.05, 4.69) is 6.92 Å². The van der Waals surface area contributed by atoms with E-state index in [-0.39, 0.29) is 23.4 Å². The van der Waals surface area contributed by atoms with Crippen molar-refractivity contribution in [1.82, 2.24) is 0 Å². The van der Waals surface area contributed by atoms with Crippen LogP contribution in [-0.2, 0) is 24.0 Å². The first-order chi connectivity index (χ1) is 16.5. The predicted molar refractivity (Wildman–Crippen MR) is 130 cm³/mol. The molecule has 3 aromatic rings. The van der Waals surface area contributed by atoms with Gasteiger partial charge in [-0.2, -0.15) is 0 Å². The van der Waals surface area contributed by atoms with Gasteiger partial charge in [0.05, 0.1) is 12.7 Å². The molecule has 5 rings (SSSR count). The Kier molecular flexibility index (Phi) is 6.42. The maximum atomic E-state index is 14.8. The third-order valence-electron chi connectivity index (χ3n) is 6.83. The van der Waals surface area contributed by atoms with Crippen molar-refractivity contribution in [1.29, 1.82) is 0 Å². The van der Waals surface area contributed by atoms with E-state index >= 15 is 0 Å². The molecular formula is C30H27F3O. The summed E-state index contributed by atoms with van der Waals surface area (Å²) in [5.41, 5.74) is 4.88. The average molecular weight is 461 g/mol. The van der Waals surface area contributed by atoms with Gasteiger partial charge in [0, 0.05) is 17.1 Å². The van der Waals surface area contributed by atoms with Crippen LogP contribution in [0.25, 0.3) is 16.7 Å². The second-order valence-electron chi connectivity index (χ2n) is 9.05. The van der Waals surface area contributed by atoms with Crippen LogP contribution in [0.15, 0.2) is 78.6 Å². The summed E-state index contributed by atoms with van der Waals surface area (Å²) in [5.74, 6) is -1.68. The molecule has 2 unspecified atom stereocenters. The summed E-state index contributed by atoms with van der Waals surface area (Å²) in [5, 5.41) is 0. The Hall–Kier alpha value is -3.11. The van der Waals surface area contributed by atoms with Crippen molar-refractivity contribution in [2.24, 2.45) is 5.92 Å². The number of epoxide rings is 1. The standard InChI is InChI=1S/C30H27F3O/c1-2-19-3-8-22(9-4-19)26-16-13-23(29(32)30(26)33)12-7-20-5-10-21(11-6-20)25-15-14-24(17-27(25)31)28-18-34-28/h3-6,8-11,13,15-17,24,28H,2,7,12,14,18H2,1H3. The molecule has 0 spiro atoms. The zero-order chi connectivity index (χ0) is 23.7. The normalized spacial score (nSPS) is 19.5. The molecule has 0 radical (unpaired) electrons. The van der Waals surface area contributed by atoms with Gasteiger partial charge in [-0.1, -0.05) is 73.7 Å². The summed E-state index contributed by atoms with van der Waals surface area (Å²) in [7, 11) is 0. The summed E-state index contributed by atoms with van der Waals surface area (Å²) in [6.07, 6.45) is 6.39. The highest BCUT2D eigenvalue weighted by atomic mass is 19.2. The average Bonchev–Trinajstić information content (AvgIpc) is 3.71. The molecule has 1 nitrogen and oxygen atoms in total. The van der Waals surface area contributed by atoms with Crippen molar-refractivity contribution < 1.29 is 17.9 Å². The van der Waals surface area contributed by atoms with Crippen molar-refractivity contribution in [3.05, 3.63) is 113 Å². The van der Waals surface area contributed by atoms with Gasteiger partial charge in [0.25, 0.3) is 0 Å². The molecule has 1 heterocycles. The molecule has 1 fully saturated rings. The Morgan fingerprint density at radius 3 is 2.12 bits per heavy atom. The maximum absolute atomic E-state index is 14.8. The Balaban J connectivity index is 1.25. The van der Waals surface area contributed by atoms with Crippen LogP contribution in [0.1, 0.15) is 35.6 Å². The van der Waals surface area contributed by atoms with E-state index in [0.717, 1.165) is 29.5 Å². The number of halogens is 3. The molecule has 2 atom stereocenters. The van der Waals surface area contributed by atoms with E-state index in [4.69, 9.17) is 4.74 Å². The Bertz CT molecular complexity index is 1240. The lowest BCUT2D eigenvalue weighted by atomic mass is 9.90. The van der Waals surface area contributed by atoms with Crippen LogP contribution >= 0.6 is 0 Å².